The first-order valence-electron chi connectivity index (χ1n) is 11.9. The molecule has 1 aromatic heterocycles. The Morgan fingerprint density at radius 1 is 0.971 bits per heavy atom. The minimum Gasteiger partial charge on any atom is -0.835 e. The van der Waals surface area contributed by atoms with Crippen LogP contribution in [0.3, 0.4) is 0 Å². The quantitative estimate of drug-likeness (QED) is 0.414. The van der Waals surface area contributed by atoms with Gasteiger partial charge in [0, 0.05) is 18.4 Å². The van der Waals surface area contributed by atoms with E-state index >= 15 is 0 Å². The van der Waals surface area contributed by atoms with Crippen molar-refractivity contribution in [2.45, 2.75) is 25.0 Å². The second kappa shape index (κ2) is 7.83. The van der Waals surface area contributed by atoms with Crippen LogP contribution in [0.4, 0.5) is 0 Å². The number of quaternary nitrogens is 1. The molecule has 0 spiro atoms. The lowest BCUT2D eigenvalue weighted by Gasteiger charge is -2.35. The number of aromatic nitrogens is 1. The fraction of sp³-hybridized carbons (Fsp3) is 0.276. The largest absolute Gasteiger partial charge is 0.835 e. The smallest absolute Gasteiger partial charge is 0.193 e. The highest BCUT2D eigenvalue weighted by molar-refractivity contribution is 5.81. The molecule has 0 saturated carbocycles. The number of hydrogen-bond donors (Lipinski definition) is 0. The van der Waals surface area contributed by atoms with Gasteiger partial charge in [0.25, 0.3) is 0 Å². The van der Waals surface area contributed by atoms with Crippen molar-refractivity contribution in [3.8, 4) is 16.9 Å². The summed E-state index contributed by atoms with van der Waals surface area (Å²) < 4.78 is 12.5. The highest BCUT2D eigenvalue weighted by atomic mass is 16.5. The molecule has 3 aromatic carbocycles. The SMILES string of the molecule is C[N+](C)(CCc1ccc2c(c1)CCO2)Cc1cnc(C2([O-])c3ccccc3-c3ccccc32)o1. The van der Waals surface area contributed by atoms with E-state index in [0.29, 0.717) is 17.7 Å². The lowest BCUT2D eigenvalue weighted by molar-refractivity contribution is -0.904. The van der Waals surface area contributed by atoms with Gasteiger partial charge in [0.1, 0.15) is 12.3 Å². The number of likely N-dealkylation sites (N-methyl/N-ethyl adjacent to an activating group) is 1. The summed E-state index contributed by atoms with van der Waals surface area (Å²) in [6, 6.07) is 22.1. The van der Waals surface area contributed by atoms with Gasteiger partial charge in [-0.3, -0.25) is 0 Å². The highest BCUT2D eigenvalue weighted by Gasteiger charge is 2.38. The number of ether oxygens (including phenoxy) is 1. The summed E-state index contributed by atoms with van der Waals surface area (Å²) >= 11 is 0. The van der Waals surface area contributed by atoms with Gasteiger partial charge in [0.15, 0.2) is 11.7 Å². The number of nitrogens with zero attached hydrogens (tertiary/aromatic N) is 2. The fourth-order valence-electron chi connectivity index (χ4n) is 5.30. The predicted octanol–water partition coefficient (Wildman–Crippen LogP) is 4.06. The van der Waals surface area contributed by atoms with E-state index in [9.17, 15) is 5.11 Å². The molecule has 34 heavy (non-hydrogen) atoms. The van der Waals surface area contributed by atoms with Gasteiger partial charge in [-0.25, -0.2) is 4.98 Å². The zero-order valence-electron chi connectivity index (χ0n) is 19.6. The minimum absolute atomic E-state index is 0.221. The molecule has 1 aliphatic carbocycles. The van der Waals surface area contributed by atoms with Crippen molar-refractivity contribution in [1.29, 1.82) is 0 Å². The molecule has 0 amide bonds. The van der Waals surface area contributed by atoms with Crippen molar-refractivity contribution in [2.75, 3.05) is 27.2 Å². The van der Waals surface area contributed by atoms with E-state index in [1.165, 1.54) is 11.1 Å². The minimum atomic E-state index is -1.63. The fourth-order valence-corrected chi connectivity index (χ4v) is 5.30. The van der Waals surface area contributed by atoms with Gasteiger partial charge >= 0.3 is 0 Å². The van der Waals surface area contributed by atoms with Crippen LogP contribution in [-0.4, -0.2) is 36.7 Å². The van der Waals surface area contributed by atoms with Gasteiger partial charge in [-0.1, -0.05) is 60.7 Å². The van der Waals surface area contributed by atoms with E-state index in [0.717, 1.165) is 53.1 Å². The van der Waals surface area contributed by atoms with Crippen molar-refractivity contribution in [1.82, 2.24) is 4.98 Å². The topological polar surface area (TPSA) is 58.3 Å². The van der Waals surface area contributed by atoms with E-state index in [4.69, 9.17) is 9.15 Å². The zero-order valence-corrected chi connectivity index (χ0v) is 19.6. The van der Waals surface area contributed by atoms with Crippen molar-refractivity contribution in [3.63, 3.8) is 0 Å². The molecule has 5 heteroatoms. The van der Waals surface area contributed by atoms with E-state index in [1.807, 2.05) is 48.5 Å². The number of benzene rings is 3. The van der Waals surface area contributed by atoms with Crippen LogP contribution in [0.2, 0.25) is 0 Å². The molecule has 0 saturated heterocycles. The van der Waals surface area contributed by atoms with Crippen LogP contribution < -0.4 is 9.84 Å². The van der Waals surface area contributed by atoms with Crippen molar-refractivity contribution < 1.29 is 18.7 Å². The summed E-state index contributed by atoms with van der Waals surface area (Å²) in [6.45, 7) is 2.40. The second-order valence-electron chi connectivity index (χ2n) is 10.0. The summed E-state index contributed by atoms with van der Waals surface area (Å²) in [5.74, 6) is 1.98. The van der Waals surface area contributed by atoms with E-state index in [2.05, 4.69) is 37.3 Å². The molecule has 1 aliphatic heterocycles. The van der Waals surface area contributed by atoms with Crippen molar-refractivity contribution in [3.05, 3.63) is 107 Å². The molecule has 0 atom stereocenters. The predicted molar refractivity (Wildman–Crippen MR) is 128 cm³/mol. The van der Waals surface area contributed by atoms with Crippen LogP contribution in [0, 0.1) is 0 Å². The molecular formula is C29H28N2O3. The van der Waals surface area contributed by atoms with Crippen LogP contribution >= 0.6 is 0 Å². The summed E-state index contributed by atoms with van der Waals surface area (Å²) in [5, 5.41) is 14.4. The number of hydrogen-bond acceptors (Lipinski definition) is 4. The molecule has 5 nitrogen and oxygen atoms in total. The summed E-state index contributed by atoms with van der Waals surface area (Å²) in [4.78, 5) is 4.51. The van der Waals surface area contributed by atoms with Gasteiger partial charge in [-0.05, 0) is 39.4 Å². The van der Waals surface area contributed by atoms with Gasteiger partial charge in [-0.15, -0.1) is 0 Å². The van der Waals surface area contributed by atoms with Crippen LogP contribution in [-0.2, 0) is 25.0 Å². The first-order valence-corrected chi connectivity index (χ1v) is 11.9. The summed E-state index contributed by atoms with van der Waals surface area (Å²) in [6.07, 6.45) is 3.68. The zero-order chi connectivity index (χ0) is 23.3. The van der Waals surface area contributed by atoms with E-state index in [1.54, 1.807) is 6.20 Å². The summed E-state index contributed by atoms with van der Waals surface area (Å²) in [5.41, 5.74) is 4.34. The Labute approximate surface area is 199 Å². The molecule has 0 radical (unpaired) electrons. The Morgan fingerprint density at radius 2 is 1.68 bits per heavy atom. The molecular weight excluding hydrogens is 424 g/mol. The van der Waals surface area contributed by atoms with Gasteiger partial charge in [-0.2, -0.15) is 0 Å². The molecule has 2 aliphatic rings. The number of fused-ring (bicyclic) bond motifs is 4. The molecule has 6 rings (SSSR count). The number of oxazole rings is 1. The van der Waals surface area contributed by atoms with E-state index in [-0.39, 0.29) is 5.89 Å². The molecule has 4 aromatic rings. The lowest BCUT2D eigenvalue weighted by Crippen LogP contribution is -2.41. The van der Waals surface area contributed by atoms with Crippen molar-refractivity contribution in [2.24, 2.45) is 0 Å². The Morgan fingerprint density at radius 3 is 2.41 bits per heavy atom. The van der Waals surface area contributed by atoms with Crippen molar-refractivity contribution >= 4 is 0 Å². The first-order chi connectivity index (χ1) is 16.4. The Bertz CT molecular complexity index is 1330. The maximum Gasteiger partial charge on any atom is 0.193 e. The molecule has 0 N–H and O–H groups in total. The van der Waals surface area contributed by atoms with Crippen LogP contribution in [0.25, 0.3) is 11.1 Å². The average molecular weight is 453 g/mol. The Kier molecular flexibility index (Phi) is 4.87. The standard InChI is InChI=1S/C29H28N2O3/c1-31(2,15-13-20-11-12-27-21(17-20)14-16-33-27)19-22-18-30-28(34-22)29(32)25-9-5-3-7-23(25)24-8-4-6-10-26(24)29/h3-12,17-18H,13-16,19H2,1-2H3. The highest BCUT2D eigenvalue weighted by Crippen LogP contribution is 2.48. The lowest BCUT2D eigenvalue weighted by atomic mass is 9.91. The second-order valence-corrected chi connectivity index (χ2v) is 10.0. The monoisotopic (exact) mass is 452 g/mol. The Balaban J connectivity index is 1.23. The first kappa shape index (κ1) is 21.1. The van der Waals surface area contributed by atoms with Crippen LogP contribution in [0.5, 0.6) is 5.75 Å². The van der Waals surface area contributed by atoms with Gasteiger partial charge < -0.3 is 18.7 Å². The van der Waals surface area contributed by atoms with Crippen LogP contribution in [0.15, 0.2) is 77.3 Å². The molecule has 172 valence electrons. The van der Waals surface area contributed by atoms with Gasteiger partial charge in [0.05, 0.1) is 33.4 Å². The average Bonchev–Trinajstić information content (AvgIpc) is 3.56. The third-order valence-corrected chi connectivity index (χ3v) is 7.10. The summed E-state index contributed by atoms with van der Waals surface area (Å²) in [7, 11) is 4.37. The molecule has 2 heterocycles. The number of rotatable bonds is 6. The third kappa shape index (κ3) is 3.44. The third-order valence-electron chi connectivity index (χ3n) is 7.10. The molecule has 0 bridgehead atoms. The molecule has 0 fully saturated rings. The molecule has 0 unspecified atom stereocenters. The van der Waals surface area contributed by atoms with Gasteiger partial charge in [0.2, 0.25) is 0 Å². The Hall–Kier alpha value is -3.41. The maximum absolute atomic E-state index is 14.4. The normalized spacial score (nSPS) is 15.5. The van der Waals surface area contributed by atoms with Crippen LogP contribution in [0.1, 0.15) is 33.9 Å². The maximum atomic E-state index is 14.4. The van der Waals surface area contributed by atoms with E-state index < -0.39 is 5.60 Å².